The van der Waals surface area contributed by atoms with Crippen molar-refractivity contribution in [2.75, 3.05) is 65.6 Å². The fraction of sp³-hybridized carbons (Fsp3) is 0.775. The molecular formula is C40H64N8O5. The minimum absolute atomic E-state index is 0.115. The number of likely N-dealkylation sites (tertiary alicyclic amines) is 3. The van der Waals surface area contributed by atoms with E-state index in [4.69, 9.17) is 9.47 Å². The number of hydrogen-bond acceptors (Lipinski definition) is 9. The first-order chi connectivity index (χ1) is 25.6. The van der Waals surface area contributed by atoms with Crippen LogP contribution in [0.25, 0.3) is 0 Å². The average molecular weight is 737 g/mol. The van der Waals surface area contributed by atoms with Gasteiger partial charge in [-0.15, -0.1) is 0 Å². The van der Waals surface area contributed by atoms with Crippen LogP contribution < -0.4 is 5.32 Å². The summed E-state index contributed by atoms with van der Waals surface area (Å²) in [6, 6.07) is 5.78. The van der Waals surface area contributed by atoms with Crippen molar-refractivity contribution in [3.8, 4) is 0 Å². The van der Waals surface area contributed by atoms with E-state index >= 15 is 0 Å². The van der Waals surface area contributed by atoms with Crippen LogP contribution in [0.1, 0.15) is 104 Å². The third-order valence-electron chi connectivity index (χ3n) is 13.1. The largest absolute Gasteiger partial charge is 0.450 e. The van der Waals surface area contributed by atoms with E-state index in [2.05, 4.69) is 56.0 Å². The predicted octanol–water partition coefficient (Wildman–Crippen LogP) is 5.81. The van der Waals surface area contributed by atoms with E-state index in [1.807, 2.05) is 36.4 Å². The van der Waals surface area contributed by atoms with Gasteiger partial charge in [0, 0.05) is 75.3 Å². The van der Waals surface area contributed by atoms with Crippen molar-refractivity contribution in [3.05, 3.63) is 36.9 Å². The number of nitrogens with one attached hydrogen (secondary N) is 1. The SMILES string of the molecule is CC(C1CCNCC1)n1cccn1.CCOC(=O)N1CCC2(CC(=O)C2)C1.CCOC(=O)N1CCC2(CC(N3CCC(C(C)n4cccn4)CC3)C2)C1. The average Bonchev–Trinajstić information content (AvgIpc) is 3.99. The van der Waals surface area contributed by atoms with Gasteiger partial charge in [0.2, 0.25) is 0 Å². The van der Waals surface area contributed by atoms with E-state index in [9.17, 15) is 14.4 Å². The Hall–Kier alpha value is -3.45. The summed E-state index contributed by atoms with van der Waals surface area (Å²) in [5, 5.41) is 12.1. The lowest BCUT2D eigenvalue weighted by atomic mass is 9.64. The maximum absolute atomic E-state index is 11.9. The number of ketones is 1. The minimum Gasteiger partial charge on any atom is -0.450 e. The Kier molecular flexibility index (Phi) is 13.2. The molecule has 2 atom stereocenters. The minimum atomic E-state index is -0.233. The molecule has 53 heavy (non-hydrogen) atoms. The molecule has 2 spiro atoms. The Morgan fingerprint density at radius 3 is 1.74 bits per heavy atom. The topological polar surface area (TPSA) is 127 Å². The normalized spacial score (nSPS) is 26.9. The van der Waals surface area contributed by atoms with Gasteiger partial charge in [-0.05, 0) is 135 Å². The molecule has 0 bridgehead atoms. The summed E-state index contributed by atoms with van der Waals surface area (Å²) in [5.41, 5.74) is 0.487. The van der Waals surface area contributed by atoms with Crippen molar-refractivity contribution < 1.29 is 23.9 Å². The quantitative estimate of drug-likeness (QED) is 0.375. The van der Waals surface area contributed by atoms with E-state index in [0.29, 0.717) is 55.9 Å². The van der Waals surface area contributed by atoms with Crippen molar-refractivity contribution in [3.63, 3.8) is 0 Å². The van der Waals surface area contributed by atoms with Crippen LogP contribution in [0, 0.1) is 22.7 Å². The molecule has 4 aliphatic heterocycles. The highest BCUT2D eigenvalue weighted by Crippen LogP contribution is 2.51. The summed E-state index contributed by atoms with van der Waals surface area (Å²) in [6.07, 6.45) is 18.5. The number of ether oxygens (including phenoxy) is 2. The number of aromatic nitrogens is 4. The third kappa shape index (κ3) is 9.62. The molecule has 6 fully saturated rings. The number of rotatable bonds is 7. The van der Waals surface area contributed by atoms with Crippen molar-refractivity contribution in [2.45, 2.75) is 110 Å². The van der Waals surface area contributed by atoms with E-state index in [1.165, 1.54) is 51.6 Å². The summed E-state index contributed by atoms with van der Waals surface area (Å²) < 4.78 is 14.3. The van der Waals surface area contributed by atoms with Crippen molar-refractivity contribution in [2.24, 2.45) is 22.7 Å². The molecule has 2 amide bonds. The molecule has 0 radical (unpaired) electrons. The molecule has 4 saturated heterocycles. The van der Waals surface area contributed by atoms with Crippen LogP contribution in [0.2, 0.25) is 0 Å². The zero-order valence-electron chi connectivity index (χ0n) is 32.7. The lowest BCUT2D eigenvalue weighted by Crippen LogP contribution is -2.54. The van der Waals surface area contributed by atoms with Crippen LogP contribution in [0.3, 0.4) is 0 Å². The summed E-state index contributed by atoms with van der Waals surface area (Å²) in [7, 11) is 0. The molecule has 6 aliphatic rings. The number of amides is 2. The Morgan fingerprint density at radius 1 is 0.774 bits per heavy atom. The van der Waals surface area contributed by atoms with Crippen LogP contribution in [0.5, 0.6) is 0 Å². The molecule has 2 aromatic heterocycles. The first-order valence-corrected chi connectivity index (χ1v) is 20.4. The first kappa shape index (κ1) is 39.2. The van der Waals surface area contributed by atoms with Gasteiger partial charge in [0.15, 0.2) is 0 Å². The highest BCUT2D eigenvalue weighted by atomic mass is 16.6. The maximum atomic E-state index is 11.9. The standard InChI is InChI=1S/C20H32N4O2.C10H17N3.C10H15NO3/c1-3-26-19(25)23-12-7-20(15-23)13-18(14-20)22-10-5-17(6-11-22)16(2)24-9-4-8-21-24;1-9(13-8-2-5-12-13)10-3-6-11-7-4-10;1-2-14-9(13)11-4-3-10(7-11)5-8(12)6-10/h4,8-9,16-18H,3,5-7,10-15H2,1-2H3;2,5,8-11H,3-4,6-7H2,1H3;2-7H2,1H3. The van der Waals surface area contributed by atoms with Gasteiger partial charge in [-0.2, -0.15) is 10.2 Å². The summed E-state index contributed by atoms with van der Waals surface area (Å²) in [6.45, 7) is 17.1. The second kappa shape index (κ2) is 17.8. The number of nitrogens with zero attached hydrogens (tertiary/aromatic N) is 7. The van der Waals surface area contributed by atoms with Crippen LogP contribution >= 0.6 is 0 Å². The highest BCUT2D eigenvalue weighted by Gasteiger charge is 2.52. The van der Waals surface area contributed by atoms with Crippen LogP contribution in [-0.4, -0.2) is 124 Å². The van der Waals surface area contributed by atoms with Crippen LogP contribution in [0.15, 0.2) is 36.9 Å². The van der Waals surface area contributed by atoms with Gasteiger partial charge in [-0.3, -0.25) is 14.2 Å². The van der Waals surface area contributed by atoms with E-state index in [1.54, 1.807) is 11.8 Å². The molecule has 2 saturated carbocycles. The molecular weight excluding hydrogens is 672 g/mol. The highest BCUT2D eigenvalue weighted by molar-refractivity contribution is 5.86. The zero-order chi connectivity index (χ0) is 37.4. The Morgan fingerprint density at radius 2 is 1.26 bits per heavy atom. The molecule has 0 aromatic carbocycles. The maximum Gasteiger partial charge on any atom is 0.409 e. The fourth-order valence-electron chi connectivity index (χ4n) is 9.78. The van der Waals surface area contributed by atoms with Gasteiger partial charge >= 0.3 is 12.2 Å². The van der Waals surface area contributed by atoms with Crippen molar-refractivity contribution >= 4 is 18.0 Å². The Balaban J connectivity index is 0.000000150. The molecule has 1 N–H and O–H groups in total. The van der Waals surface area contributed by atoms with Gasteiger partial charge < -0.3 is 29.5 Å². The van der Waals surface area contributed by atoms with Gasteiger partial charge in [0.05, 0.1) is 25.3 Å². The zero-order valence-corrected chi connectivity index (χ0v) is 32.7. The molecule has 2 unspecified atom stereocenters. The summed E-state index contributed by atoms with van der Waals surface area (Å²) in [4.78, 5) is 40.6. The summed E-state index contributed by atoms with van der Waals surface area (Å²) >= 11 is 0. The molecule has 294 valence electrons. The molecule has 2 aromatic rings. The third-order valence-corrected chi connectivity index (χ3v) is 13.1. The van der Waals surface area contributed by atoms with Crippen molar-refractivity contribution in [1.29, 1.82) is 0 Å². The summed E-state index contributed by atoms with van der Waals surface area (Å²) in [5.74, 6) is 1.85. The van der Waals surface area contributed by atoms with Gasteiger partial charge in [0.1, 0.15) is 5.78 Å². The number of piperidine rings is 2. The fourth-order valence-corrected chi connectivity index (χ4v) is 9.78. The van der Waals surface area contributed by atoms with Crippen molar-refractivity contribution in [1.82, 2.24) is 39.6 Å². The number of Topliss-reactive ketones (excluding diaryl/α,β-unsaturated/α-hetero) is 1. The predicted molar refractivity (Wildman–Crippen MR) is 202 cm³/mol. The second-order valence-electron chi connectivity index (χ2n) is 16.6. The molecule has 8 rings (SSSR count). The van der Waals surface area contributed by atoms with Crippen LogP contribution in [-0.2, 0) is 14.3 Å². The van der Waals surface area contributed by atoms with Gasteiger partial charge in [-0.25, -0.2) is 9.59 Å². The second-order valence-corrected chi connectivity index (χ2v) is 16.6. The Bertz CT molecular complexity index is 1440. The number of carbonyl (C=O) groups is 3. The lowest BCUT2D eigenvalue weighted by molar-refractivity contribution is -0.131. The Labute approximate surface area is 316 Å². The molecule has 6 heterocycles. The number of carbonyl (C=O) groups excluding carboxylic acids is 3. The van der Waals surface area contributed by atoms with E-state index in [0.717, 1.165) is 63.4 Å². The van der Waals surface area contributed by atoms with E-state index < -0.39 is 0 Å². The molecule has 2 aliphatic carbocycles. The van der Waals surface area contributed by atoms with Crippen LogP contribution in [0.4, 0.5) is 9.59 Å². The monoisotopic (exact) mass is 736 g/mol. The molecule has 13 heteroatoms. The van der Waals surface area contributed by atoms with Gasteiger partial charge in [-0.1, -0.05) is 0 Å². The lowest BCUT2D eigenvalue weighted by Gasteiger charge is -2.52. The smallest absolute Gasteiger partial charge is 0.409 e. The van der Waals surface area contributed by atoms with E-state index in [-0.39, 0.29) is 17.6 Å². The van der Waals surface area contributed by atoms with Gasteiger partial charge in [0.25, 0.3) is 0 Å². The first-order valence-electron chi connectivity index (χ1n) is 20.4. The number of hydrogen-bond donors (Lipinski definition) is 1. The molecule has 13 nitrogen and oxygen atoms in total.